The summed E-state index contributed by atoms with van der Waals surface area (Å²) >= 11 is 0. The monoisotopic (exact) mass is 392 g/mol. The number of hydrogen-bond donors (Lipinski definition) is 1. The maximum absolute atomic E-state index is 12.7. The van der Waals surface area contributed by atoms with Gasteiger partial charge < -0.3 is 10.1 Å². The summed E-state index contributed by atoms with van der Waals surface area (Å²) in [6, 6.07) is 12.6. The number of carbonyl (C=O) groups is 1. The first-order chi connectivity index (χ1) is 13.8. The van der Waals surface area contributed by atoms with E-state index in [-0.39, 0.29) is 23.3 Å². The smallest absolute Gasteiger partial charge is 0.224 e. The number of aromatic nitrogens is 1. The predicted molar refractivity (Wildman–Crippen MR) is 115 cm³/mol. The van der Waals surface area contributed by atoms with Crippen molar-refractivity contribution >= 4 is 5.91 Å². The Morgan fingerprint density at radius 2 is 1.90 bits per heavy atom. The molecule has 1 N–H and O–H groups in total. The van der Waals surface area contributed by atoms with Crippen molar-refractivity contribution in [2.75, 3.05) is 6.61 Å². The molecule has 154 valence electrons. The molecule has 4 nitrogen and oxygen atoms in total. The number of nitrogens with zero attached hydrogens (tertiary/aromatic N) is 1. The molecule has 1 aromatic heterocycles. The van der Waals surface area contributed by atoms with Crippen LogP contribution in [0.2, 0.25) is 0 Å². The Morgan fingerprint density at radius 3 is 2.48 bits per heavy atom. The topological polar surface area (TPSA) is 51.2 Å². The largest absolute Gasteiger partial charge is 0.492 e. The van der Waals surface area contributed by atoms with Crippen molar-refractivity contribution in [3.05, 3.63) is 59.4 Å². The molecule has 1 aromatic carbocycles. The van der Waals surface area contributed by atoms with Gasteiger partial charge in [-0.1, -0.05) is 45.0 Å². The maximum atomic E-state index is 12.7. The molecule has 4 heteroatoms. The van der Waals surface area contributed by atoms with Crippen molar-refractivity contribution in [3.63, 3.8) is 0 Å². The normalized spacial score (nSPS) is 22.1. The standard InChI is InChI=1S/C25H32N2O2/c1-16(23-12-11-20(14-26-23)29-15-17-5-6-17)27-24(28)22-13-21(22)18-7-9-19(10-8-18)25(2,3)4/h7-12,14,16-17,21-22H,5-6,13,15H2,1-4H3,(H,27,28)/t16?,21-,22+/m0/s1. The third-order valence-corrected chi connectivity index (χ3v) is 6.08. The van der Waals surface area contributed by atoms with Crippen molar-refractivity contribution in [3.8, 4) is 5.75 Å². The quantitative estimate of drug-likeness (QED) is 0.709. The van der Waals surface area contributed by atoms with E-state index < -0.39 is 0 Å². The third kappa shape index (κ3) is 4.98. The van der Waals surface area contributed by atoms with E-state index >= 15 is 0 Å². The van der Waals surface area contributed by atoms with Crippen LogP contribution in [0.25, 0.3) is 0 Å². The molecular formula is C25H32N2O2. The van der Waals surface area contributed by atoms with Crippen LogP contribution in [0.4, 0.5) is 0 Å². The summed E-state index contributed by atoms with van der Waals surface area (Å²) in [7, 11) is 0. The summed E-state index contributed by atoms with van der Waals surface area (Å²) in [6.45, 7) is 9.43. The van der Waals surface area contributed by atoms with Crippen LogP contribution in [-0.4, -0.2) is 17.5 Å². The first-order valence-corrected chi connectivity index (χ1v) is 10.8. The fourth-order valence-electron chi connectivity index (χ4n) is 3.71. The number of ether oxygens (including phenoxy) is 1. The van der Waals surface area contributed by atoms with Gasteiger partial charge in [0.15, 0.2) is 0 Å². The molecule has 2 aliphatic carbocycles. The summed E-state index contributed by atoms with van der Waals surface area (Å²) in [6.07, 6.45) is 5.24. The average molecular weight is 393 g/mol. The molecule has 0 aliphatic heterocycles. The van der Waals surface area contributed by atoms with E-state index in [9.17, 15) is 4.79 Å². The minimum atomic E-state index is -0.107. The van der Waals surface area contributed by atoms with E-state index in [1.807, 2.05) is 19.1 Å². The number of amides is 1. The Hall–Kier alpha value is -2.36. The first-order valence-electron chi connectivity index (χ1n) is 10.8. The highest BCUT2D eigenvalue weighted by Gasteiger charge is 2.44. The summed E-state index contributed by atoms with van der Waals surface area (Å²) < 4.78 is 5.74. The highest BCUT2D eigenvalue weighted by molar-refractivity contribution is 5.83. The van der Waals surface area contributed by atoms with Gasteiger partial charge in [-0.15, -0.1) is 0 Å². The maximum Gasteiger partial charge on any atom is 0.224 e. The van der Waals surface area contributed by atoms with E-state index in [1.54, 1.807) is 6.20 Å². The Bertz CT molecular complexity index is 848. The lowest BCUT2D eigenvalue weighted by atomic mass is 9.86. The lowest BCUT2D eigenvalue weighted by Gasteiger charge is -2.19. The molecule has 0 radical (unpaired) electrons. The molecule has 0 bridgehead atoms. The van der Waals surface area contributed by atoms with Crippen LogP contribution in [0.5, 0.6) is 5.75 Å². The van der Waals surface area contributed by atoms with Gasteiger partial charge in [0.05, 0.1) is 24.5 Å². The highest BCUT2D eigenvalue weighted by atomic mass is 16.5. The van der Waals surface area contributed by atoms with Crippen molar-refractivity contribution in [1.29, 1.82) is 0 Å². The molecule has 29 heavy (non-hydrogen) atoms. The number of rotatable bonds is 7. The molecular weight excluding hydrogens is 360 g/mol. The minimum absolute atomic E-state index is 0.0686. The Morgan fingerprint density at radius 1 is 1.17 bits per heavy atom. The first kappa shape index (κ1) is 19.9. The van der Waals surface area contributed by atoms with Crippen LogP contribution in [0.15, 0.2) is 42.6 Å². The lowest BCUT2D eigenvalue weighted by Crippen LogP contribution is -2.29. The number of nitrogens with one attached hydrogen (secondary N) is 1. The van der Waals surface area contributed by atoms with E-state index in [4.69, 9.17) is 4.74 Å². The van der Waals surface area contributed by atoms with Gasteiger partial charge in [0.25, 0.3) is 0 Å². The molecule has 2 fully saturated rings. The molecule has 2 saturated carbocycles. The van der Waals surface area contributed by atoms with Gasteiger partial charge >= 0.3 is 0 Å². The second kappa shape index (κ2) is 7.81. The summed E-state index contributed by atoms with van der Waals surface area (Å²) in [5.74, 6) is 2.06. The van der Waals surface area contributed by atoms with Crippen LogP contribution in [-0.2, 0) is 10.2 Å². The predicted octanol–water partition coefficient (Wildman–Crippen LogP) is 5.15. The molecule has 2 aromatic rings. The number of hydrogen-bond acceptors (Lipinski definition) is 3. The Kier molecular flexibility index (Phi) is 5.37. The third-order valence-electron chi connectivity index (χ3n) is 6.08. The van der Waals surface area contributed by atoms with Crippen LogP contribution in [0.3, 0.4) is 0 Å². The molecule has 0 saturated heterocycles. The SMILES string of the molecule is CC(NC(=O)[C@@H]1C[C@H]1c1ccc(C(C)(C)C)cc1)c1ccc(OCC2CC2)cn1. The van der Waals surface area contributed by atoms with Crippen LogP contribution < -0.4 is 10.1 Å². The summed E-state index contributed by atoms with van der Waals surface area (Å²) in [4.78, 5) is 17.2. The van der Waals surface area contributed by atoms with Gasteiger partial charge in [-0.3, -0.25) is 9.78 Å². The highest BCUT2D eigenvalue weighted by Crippen LogP contribution is 2.48. The zero-order valence-corrected chi connectivity index (χ0v) is 17.9. The van der Waals surface area contributed by atoms with E-state index in [0.29, 0.717) is 5.92 Å². The van der Waals surface area contributed by atoms with Gasteiger partial charge in [-0.25, -0.2) is 0 Å². The van der Waals surface area contributed by atoms with E-state index in [0.717, 1.165) is 30.4 Å². The van der Waals surface area contributed by atoms with Crippen molar-refractivity contribution < 1.29 is 9.53 Å². The molecule has 0 spiro atoms. The van der Waals surface area contributed by atoms with E-state index in [1.165, 1.54) is 24.0 Å². The van der Waals surface area contributed by atoms with Crippen molar-refractivity contribution in [1.82, 2.24) is 10.3 Å². The van der Waals surface area contributed by atoms with E-state index in [2.05, 4.69) is 55.3 Å². The van der Waals surface area contributed by atoms with Crippen LogP contribution in [0, 0.1) is 11.8 Å². The van der Waals surface area contributed by atoms with Gasteiger partial charge in [-0.2, -0.15) is 0 Å². The molecule has 3 atom stereocenters. The number of benzene rings is 1. The van der Waals surface area contributed by atoms with Gasteiger partial charge in [-0.05, 0) is 66.7 Å². The molecule has 1 unspecified atom stereocenters. The number of carbonyl (C=O) groups excluding carboxylic acids is 1. The second-order valence-corrected chi connectivity index (χ2v) is 9.72. The Labute approximate surface area is 174 Å². The zero-order chi connectivity index (χ0) is 20.6. The lowest BCUT2D eigenvalue weighted by molar-refractivity contribution is -0.123. The number of pyridine rings is 1. The molecule has 1 heterocycles. The summed E-state index contributed by atoms with van der Waals surface area (Å²) in [5, 5.41) is 3.13. The summed E-state index contributed by atoms with van der Waals surface area (Å²) in [5.41, 5.74) is 3.61. The fourth-order valence-corrected chi connectivity index (χ4v) is 3.71. The molecule has 2 aliphatic rings. The molecule has 4 rings (SSSR count). The van der Waals surface area contributed by atoms with Gasteiger partial charge in [0.2, 0.25) is 5.91 Å². The Balaban J connectivity index is 1.29. The van der Waals surface area contributed by atoms with Crippen LogP contribution >= 0.6 is 0 Å². The fraction of sp³-hybridized carbons (Fsp3) is 0.520. The molecule has 1 amide bonds. The zero-order valence-electron chi connectivity index (χ0n) is 17.9. The average Bonchev–Trinajstić information content (AvgIpc) is 3.60. The second-order valence-electron chi connectivity index (χ2n) is 9.72. The van der Waals surface area contributed by atoms with Crippen molar-refractivity contribution in [2.24, 2.45) is 11.8 Å². The van der Waals surface area contributed by atoms with Gasteiger partial charge in [0, 0.05) is 5.92 Å². The van der Waals surface area contributed by atoms with Gasteiger partial charge in [0.1, 0.15) is 5.75 Å². The van der Waals surface area contributed by atoms with Crippen LogP contribution in [0.1, 0.15) is 75.7 Å². The minimum Gasteiger partial charge on any atom is -0.492 e. The van der Waals surface area contributed by atoms with Crippen molar-refractivity contribution in [2.45, 2.75) is 64.3 Å².